The van der Waals surface area contributed by atoms with E-state index in [2.05, 4.69) is 0 Å². The first-order valence-electron chi connectivity index (χ1n) is 10.4. The molecular formula is C26H21Cl2NO3S2. The molecule has 4 nitrogen and oxygen atoms in total. The van der Waals surface area contributed by atoms with Gasteiger partial charge < -0.3 is 9.47 Å². The first-order chi connectivity index (χ1) is 16.3. The van der Waals surface area contributed by atoms with E-state index in [1.165, 1.54) is 17.3 Å². The summed E-state index contributed by atoms with van der Waals surface area (Å²) < 4.78 is 12.0. The highest BCUT2D eigenvalue weighted by Gasteiger charge is 2.32. The van der Waals surface area contributed by atoms with Crippen molar-refractivity contribution in [1.82, 2.24) is 4.90 Å². The van der Waals surface area contributed by atoms with Crippen molar-refractivity contribution >= 4 is 63.5 Å². The minimum absolute atomic E-state index is 0.102. The van der Waals surface area contributed by atoms with Crippen molar-refractivity contribution in [2.24, 2.45) is 0 Å². The van der Waals surface area contributed by atoms with Gasteiger partial charge in [0.25, 0.3) is 5.91 Å². The van der Waals surface area contributed by atoms with Crippen LogP contribution in [-0.4, -0.2) is 22.2 Å². The molecule has 0 N–H and O–H groups in total. The third kappa shape index (κ3) is 5.76. The van der Waals surface area contributed by atoms with Crippen molar-refractivity contribution in [3.8, 4) is 11.5 Å². The van der Waals surface area contributed by atoms with Crippen LogP contribution in [0.1, 0.15) is 22.3 Å². The predicted molar refractivity (Wildman–Crippen MR) is 144 cm³/mol. The van der Waals surface area contributed by atoms with E-state index in [0.29, 0.717) is 43.9 Å². The average molecular weight is 530 g/mol. The molecule has 1 aliphatic rings. The van der Waals surface area contributed by atoms with Gasteiger partial charge in [-0.05, 0) is 54.0 Å². The average Bonchev–Trinajstić information content (AvgIpc) is 3.08. The van der Waals surface area contributed by atoms with Gasteiger partial charge in [-0.2, -0.15) is 0 Å². The molecule has 1 amide bonds. The van der Waals surface area contributed by atoms with Gasteiger partial charge >= 0.3 is 0 Å². The molecule has 174 valence electrons. The Balaban J connectivity index is 1.47. The van der Waals surface area contributed by atoms with Gasteiger partial charge in [-0.25, -0.2) is 0 Å². The molecule has 0 bridgehead atoms. The number of thioether (sulfide) groups is 1. The van der Waals surface area contributed by atoms with E-state index >= 15 is 0 Å². The van der Waals surface area contributed by atoms with Crippen LogP contribution in [0.5, 0.6) is 11.5 Å². The first kappa shape index (κ1) is 24.6. The lowest BCUT2D eigenvalue weighted by atomic mass is 10.1. The first-order valence-corrected chi connectivity index (χ1v) is 12.4. The van der Waals surface area contributed by atoms with E-state index in [4.69, 9.17) is 44.9 Å². The number of amides is 1. The Bertz CT molecular complexity index is 1280. The van der Waals surface area contributed by atoms with E-state index in [9.17, 15) is 4.79 Å². The molecule has 0 unspecified atom stereocenters. The monoisotopic (exact) mass is 529 g/mol. The molecule has 3 aromatic rings. The molecule has 0 atom stereocenters. The minimum Gasteiger partial charge on any atom is -0.493 e. The fourth-order valence-electron chi connectivity index (χ4n) is 3.35. The molecule has 1 fully saturated rings. The zero-order valence-corrected chi connectivity index (χ0v) is 21.7. The summed E-state index contributed by atoms with van der Waals surface area (Å²) in [7, 11) is 1.58. The van der Waals surface area contributed by atoms with Crippen LogP contribution in [0.25, 0.3) is 6.08 Å². The largest absolute Gasteiger partial charge is 0.493 e. The molecule has 8 heteroatoms. The van der Waals surface area contributed by atoms with Crippen LogP contribution < -0.4 is 9.47 Å². The van der Waals surface area contributed by atoms with E-state index in [-0.39, 0.29) is 5.91 Å². The molecule has 1 aliphatic heterocycles. The summed E-state index contributed by atoms with van der Waals surface area (Å²) in [6, 6.07) is 19.0. The van der Waals surface area contributed by atoms with Crippen LogP contribution >= 0.6 is 47.2 Å². The highest BCUT2D eigenvalue weighted by atomic mass is 35.5. The second-order valence-corrected chi connectivity index (χ2v) is 10.2. The Labute approximate surface area is 218 Å². The second kappa shape index (κ2) is 10.8. The highest BCUT2D eigenvalue weighted by Crippen LogP contribution is 2.36. The maximum absolute atomic E-state index is 13.0. The smallest absolute Gasteiger partial charge is 0.266 e. The van der Waals surface area contributed by atoms with Crippen LogP contribution in [0.4, 0.5) is 0 Å². The zero-order valence-electron chi connectivity index (χ0n) is 18.5. The fourth-order valence-corrected chi connectivity index (χ4v) is 4.92. The van der Waals surface area contributed by atoms with Crippen molar-refractivity contribution < 1.29 is 14.3 Å². The normalized spacial score (nSPS) is 14.7. The number of halogens is 2. The third-order valence-corrected chi connectivity index (χ3v) is 7.32. The van der Waals surface area contributed by atoms with Crippen LogP contribution in [0.15, 0.2) is 65.6 Å². The molecular weight excluding hydrogens is 509 g/mol. The summed E-state index contributed by atoms with van der Waals surface area (Å²) in [5.41, 5.74) is 3.91. The van der Waals surface area contributed by atoms with Crippen LogP contribution in [0.3, 0.4) is 0 Å². The number of rotatable bonds is 7. The molecule has 0 saturated carbocycles. The van der Waals surface area contributed by atoms with Crippen molar-refractivity contribution in [3.63, 3.8) is 0 Å². The van der Waals surface area contributed by atoms with E-state index in [1.807, 2.05) is 61.5 Å². The maximum Gasteiger partial charge on any atom is 0.266 e. The summed E-state index contributed by atoms with van der Waals surface area (Å²) in [4.78, 5) is 15.2. The van der Waals surface area contributed by atoms with Gasteiger partial charge in [-0.15, -0.1) is 0 Å². The Kier molecular flexibility index (Phi) is 7.84. The number of methoxy groups -OCH3 is 1. The fraction of sp³-hybridized carbons (Fsp3) is 0.154. The molecule has 1 heterocycles. The Morgan fingerprint density at radius 3 is 2.41 bits per heavy atom. The maximum atomic E-state index is 13.0. The van der Waals surface area contributed by atoms with Crippen molar-refractivity contribution in [3.05, 3.63) is 97.9 Å². The number of nitrogens with zero attached hydrogens (tertiary/aromatic N) is 1. The topological polar surface area (TPSA) is 38.8 Å². The number of thiocarbonyl (C=S) groups is 1. The van der Waals surface area contributed by atoms with Crippen molar-refractivity contribution in [2.45, 2.75) is 20.1 Å². The number of carbonyl (C=O) groups excluding carboxylic acids is 1. The molecule has 0 spiro atoms. The molecule has 34 heavy (non-hydrogen) atoms. The van der Waals surface area contributed by atoms with Crippen LogP contribution in [0, 0.1) is 6.92 Å². The van der Waals surface area contributed by atoms with Gasteiger partial charge in [-0.1, -0.05) is 89.1 Å². The molecule has 0 aliphatic carbocycles. The summed E-state index contributed by atoms with van der Waals surface area (Å²) in [5, 5.41) is 0.974. The second-order valence-electron chi connectivity index (χ2n) is 7.70. The van der Waals surface area contributed by atoms with E-state index in [0.717, 1.165) is 16.7 Å². The molecule has 3 aromatic carbocycles. The molecule has 1 saturated heterocycles. The minimum atomic E-state index is -0.102. The van der Waals surface area contributed by atoms with Gasteiger partial charge in [0.1, 0.15) is 10.9 Å². The van der Waals surface area contributed by atoms with Gasteiger partial charge in [0.2, 0.25) is 0 Å². The summed E-state index contributed by atoms with van der Waals surface area (Å²) >= 11 is 18.8. The standard InChI is InChI=1S/C26H21Cl2NO3S2/c1-16-3-5-17(6-4-16)14-29-25(30)24(34-26(29)33)13-18-8-10-22(23(12-18)31-2)32-15-19-7-9-20(27)21(28)11-19/h3-13H,14-15H2,1-2H3. The number of hydrogen-bond donors (Lipinski definition) is 0. The van der Waals surface area contributed by atoms with Crippen molar-refractivity contribution in [1.29, 1.82) is 0 Å². The SMILES string of the molecule is COc1cc(C=C2SC(=S)N(Cc3ccc(C)cc3)C2=O)ccc1OCc1ccc(Cl)c(Cl)c1. The van der Waals surface area contributed by atoms with E-state index in [1.54, 1.807) is 24.1 Å². The predicted octanol–water partition coefficient (Wildman–Crippen LogP) is 7.29. The van der Waals surface area contributed by atoms with Gasteiger partial charge in [0.15, 0.2) is 11.5 Å². The Morgan fingerprint density at radius 1 is 0.971 bits per heavy atom. The lowest BCUT2D eigenvalue weighted by Crippen LogP contribution is -2.27. The number of carbonyl (C=O) groups is 1. The summed E-state index contributed by atoms with van der Waals surface area (Å²) in [6.07, 6.45) is 1.82. The van der Waals surface area contributed by atoms with Crippen LogP contribution in [-0.2, 0) is 17.9 Å². The lowest BCUT2D eigenvalue weighted by Gasteiger charge is -2.14. The quantitative estimate of drug-likeness (QED) is 0.237. The van der Waals surface area contributed by atoms with E-state index < -0.39 is 0 Å². The number of benzene rings is 3. The van der Waals surface area contributed by atoms with Gasteiger partial charge in [0, 0.05) is 0 Å². The van der Waals surface area contributed by atoms with Crippen molar-refractivity contribution in [2.75, 3.05) is 7.11 Å². The Morgan fingerprint density at radius 2 is 1.71 bits per heavy atom. The van der Waals surface area contributed by atoms with Crippen LogP contribution in [0.2, 0.25) is 10.0 Å². The Hall–Kier alpha value is -2.51. The molecule has 0 aromatic heterocycles. The third-order valence-electron chi connectivity index (χ3n) is 5.20. The molecule has 0 radical (unpaired) electrons. The number of ether oxygens (including phenoxy) is 2. The highest BCUT2D eigenvalue weighted by molar-refractivity contribution is 8.26. The summed E-state index contributed by atoms with van der Waals surface area (Å²) in [5.74, 6) is 1.04. The lowest BCUT2D eigenvalue weighted by molar-refractivity contribution is -0.122. The zero-order chi connectivity index (χ0) is 24.2. The molecule has 4 rings (SSSR count). The summed E-state index contributed by atoms with van der Waals surface area (Å²) in [6.45, 7) is 2.79. The van der Waals surface area contributed by atoms with Gasteiger partial charge in [-0.3, -0.25) is 9.69 Å². The number of aryl methyl sites for hydroxylation is 1. The van der Waals surface area contributed by atoms with Gasteiger partial charge in [0.05, 0.1) is 28.6 Å². The number of hydrogen-bond acceptors (Lipinski definition) is 5.